The van der Waals surface area contributed by atoms with Gasteiger partial charge in [-0.05, 0) is 25.5 Å². The van der Waals surface area contributed by atoms with Gasteiger partial charge in [0.15, 0.2) is 0 Å². The monoisotopic (exact) mass is 264 g/mol. The zero-order valence-electron chi connectivity index (χ0n) is 12.0. The third kappa shape index (κ3) is 6.97. The van der Waals surface area contributed by atoms with E-state index in [-0.39, 0.29) is 0 Å². The summed E-state index contributed by atoms with van der Waals surface area (Å²) in [5.41, 5.74) is 1.64. The van der Waals surface area contributed by atoms with Crippen molar-refractivity contribution in [3.63, 3.8) is 0 Å². The highest BCUT2D eigenvalue weighted by atomic mass is 17.2. The average Bonchev–Trinajstić information content (AvgIpc) is 2.42. The first-order chi connectivity index (χ1) is 9.24. The Bertz CT molecular complexity index is 357. The second-order valence-corrected chi connectivity index (χ2v) is 4.83. The first-order valence-electron chi connectivity index (χ1n) is 7.14. The molecule has 1 aromatic rings. The van der Waals surface area contributed by atoms with E-state index < -0.39 is 5.97 Å². The third-order valence-electron chi connectivity index (χ3n) is 3.00. The first kappa shape index (κ1) is 15.7. The summed E-state index contributed by atoms with van der Waals surface area (Å²) in [6, 6.07) is 7.24. The van der Waals surface area contributed by atoms with Crippen molar-refractivity contribution in [2.45, 2.75) is 52.4 Å². The van der Waals surface area contributed by atoms with Gasteiger partial charge < -0.3 is 0 Å². The average molecular weight is 264 g/mol. The largest absolute Gasteiger partial charge is 0.373 e. The van der Waals surface area contributed by atoms with Gasteiger partial charge in [-0.25, -0.2) is 4.79 Å². The zero-order valence-corrected chi connectivity index (χ0v) is 12.0. The highest BCUT2D eigenvalue weighted by Crippen LogP contribution is 2.07. The fraction of sp³-hybridized carbons (Fsp3) is 0.562. The van der Waals surface area contributed by atoms with Gasteiger partial charge >= 0.3 is 5.97 Å². The van der Waals surface area contributed by atoms with E-state index in [0.717, 1.165) is 18.4 Å². The molecular weight excluding hydrogens is 240 g/mol. The molecule has 0 atom stereocenters. The number of hydrogen-bond acceptors (Lipinski definition) is 3. The normalized spacial score (nSPS) is 10.4. The molecule has 0 aliphatic rings. The van der Waals surface area contributed by atoms with Crippen LogP contribution in [0.15, 0.2) is 24.3 Å². The minimum Gasteiger partial charge on any atom is -0.293 e. The predicted molar refractivity (Wildman–Crippen MR) is 75.9 cm³/mol. The van der Waals surface area contributed by atoms with Crippen LogP contribution < -0.4 is 0 Å². The van der Waals surface area contributed by atoms with Gasteiger partial charge in [-0.3, -0.25) is 4.89 Å². The van der Waals surface area contributed by atoms with Crippen LogP contribution in [-0.2, 0) is 9.78 Å². The van der Waals surface area contributed by atoms with E-state index in [4.69, 9.17) is 9.78 Å². The number of rotatable bonds is 9. The van der Waals surface area contributed by atoms with Gasteiger partial charge in [-0.15, -0.1) is 0 Å². The Morgan fingerprint density at radius 3 is 2.32 bits per heavy atom. The van der Waals surface area contributed by atoms with E-state index in [2.05, 4.69) is 6.92 Å². The van der Waals surface area contributed by atoms with Crippen LogP contribution in [-0.4, -0.2) is 12.6 Å². The molecule has 1 rings (SSSR count). The lowest BCUT2D eigenvalue weighted by molar-refractivity contribution is -0.241. The third-order valence-corrected chi connectivity index (χ3v) is 3.00. The van der Waals surface area contributed by atoms with Crippen molar-refractivity contribution in [2.75, 3.05) is 6.61 Å². The molecule has 0 fully saturated rings. The topological polar surface area (TPSA) is 35.5 Å². The predicted octanol–water partition coefficient (Wildman–Crippen LogP) is 4.44. The van der Waals surface area contributed by atoms with Gasteiger partial charge in [-0.2, -0.15) is 4.89 Å². The van der Waals surface area contributed by atoms with Crippen molar-refractivity contribution in [3.8, 4) is 0 Å². The molecule has 0 saturated heterocycles. The van der Waals surface area contributed by atoms with E-state index in [0.29, 0.717) is 12.2 Å². The van der Waals surface area contributed by atoms with Crippen LogP contribution in [0, 0.1) is 6.92 Å². The molecule has 1 aromatic carbocycles. The molecule has 0 N–H and O–H groups in total. The Balaban J connectivity index is 2.06. The Morgan fingerprint density at radius 1 is 1.00 bits per heavy atom. The number of hydrogen-bond donors (Lipinski definition) is 0. The maximum atomic E-state index is 11.6. The molecule has 0 aliphatic heterocycles. The molecule has 0 aromatic heterocycles. The van der Waals surface area contributed by atoms with E-state index in [9.17, 15) is 4.79 Å². The van der Waals surface area contributed by atoms with Crippen LogP contribution in [0.3, 0.4) is 0 Å². The van der Waals surface area contributed by atoms with Crippen molar-refractivity contribution >= 4 is 5.97 Å². The van der Waals surface area contributed by atoms with E-state index in [1.807, 2.05) is 19.1 Å². The first-order valence-corrected chi connectivity index (χ1v) is 7.14. The summed E-state index contributed by atoms with van der Waals surface area (Å²) in [6.07, 6.45) is 7.11. The minimum atomic E-state index is -0.425. The maximum Gasteiger partial charge on any atom is 0.373 e. The maximum absolute atomic E-state index is 11.6. The van der Waals surface area contributed by atoms with Crippen LogP contribution in [0.5, 0.6) is 0 Å². The lowest BCUT2D eigenvalue weighted by Crippen LogP contribution is -2.06. The second kappa shape index (κ2) is 9.56. The van der Waals surface area contributed by atoms with Crippen molar-refractivity contribution in [1.29, 1.82) is 0 Å². The molecule has 0 unspecified atom stereocenters. The molecular formula is C16H24O3. The van der Waals surface area contributed by atoms with Gasteiger partial charge in [-0.1, -0.05) is 56.7 Å². The van der Waals surface area contributed by atoms with Crippen LogP contribution in [0.2, 0.25) is 0 Å². The molecule has 3 nitrogen and oxygen atoms in total. The summed E-state index contributed by atoms with van der Waals surface area (Å²) in [5, 5.41) is 0. The summed E-state index contributed by atoms with van der Waals surface area (Å²) in [4.78, 5) is 21.3. The second-order valence-electron chi connectivity index (χ2n) is 4.83. The quantitative estimate of drug-likeness (QED) is 0.375. The van der Waals surface area contributed by atoms with Crippen LogP contribution in [0.4, 0.5) is 0 Å². The highest BCUT2D eigenvalue weighted by molar-refractivity contribution is 5.88. The zero-order chi connectivity index (χ0) is 13.9. The molecule has 0 aliphatic carbocycles. The number of carbonyl (C=O) groups is 1. The summed E-state index contributed by atoms with van der Waals surface area (Å²) in [5.74, 6) is -0.425. The molecule has 0 bridgehead atoms. The van der Waals surface area contributed by atoms with Crippen molar-refractivity contribution in [1.82, 2.24) is 0 Å². The smallest absolute Gasteiger partial charge is 0.293 e. The lowest BCUT2D eigenvalue weighted by atomic mass is 10.1. The molecule has 0 radical (unpaired) electrons. The Labute approximate surface area is 115 Å². The summed E-state index contributed by atoms with van der Waals surface area (Å²) < 4.78 is 0. The lowest BCUT2D eigenvalue weighted by Gasteiger charge is -2.04. The molecule has 106 valence electrons. The summed E-state index contributed by atoms with van der Waals surface area (Å²) >= 11 is 0. The standard InChI is InChI=1S/C16H24O3/c1-3-4-5-6-7-8-13-18-19-16(17)15-11-9-14(2)10-12-15/h9-12H,3-8,13H2,1-2H3. The molecule has 0 saturated carbocycles. The van der Waals surface area contributed by atoms with Crippen LogP contribution >= 0.6 is 0 Å². The van der Waals surface area contributed by atoms with Crippen LogP contribution in [0.1, 0.15) is 61.4 Å². The minimum absolute atomic E-state index is 0.425. The fourth-order valence-corrected chi connectivity index (χ4v) is 1.77. The van der Waals surface area contributed by atoms with E-state index in [1.54, 1.807) is 12.1 Å². The van der Waals surface area contributed by atoms with E-state index >= 15 is 0 Å². The number of unbranched alkanes of at least 4 members (excludes halogenated alkanes) is 5. The van der Waals surface area contributed by atoms with Gasteiger partial charge in [0.2, 0.25) is 0 Å². The molecule has 0 spiro atoms. The molecule has 0 amide bonds. The van der Waals surface area contributed by atoms with Gasteiger partial charge in [0, 0.05) is 0 Å². The van der Waals surface area contributed by atoms with Crippen molar-refractivity contribution in [3.05, 3.63) is 35.4 Å². The van der Waals surface area contributed by atoms with E-state index in [1.165, 1.54) is 25.7 Å². The SMILES string of the molecule is CCCCCCCCOOC(=O)c1ccc(C)cc1. The Kier molecular flexibility index (Phi) is 7.91. The van der Waals surface area contributed by atoms with Crippen LogP contribution in [0.25, 0.3) is 0 Å². The highest BCUT2D eigenvalue weighted by Gasteiger charge is 2.07. The number of benzene rings is 1. The molecule has 19 heavy (non-hydrogen) atoms. The Hall–Kier alpha value is -1.35. The number of aryl methyl sites for hydroxylation is 1. The Morgan fingerprint density at radius 2 is 1.63 bits per heavy atom. The summed E-state index contributed by atoms with van der Waals surface area (Å²) in [6.45, 7) is 4.65. The fourth-order valence-electron chi connectivity index (χ4n) is 1.77. The number of carbonyl (C=O) groups excluding carboxylic acids is 1. The van der Waals surface area contributed by atoms with Gasteiger partial charge in [0.1, 0.15) is 0 Å². The molecule has 3 heteroatoms. The van der Waals surface area contributed by atoms with Gasteiger partial charge in [0.25, 0.3) is 0 Å². The summed E-state index contributed by atoms with van der Waals surface area (Å²) in [7, 11) is 0. The van der Waals surface area contributed by atoms with Gasteiger partial charge in [0.05, 0.1) is 12.2 Å². The van der Waals surface area contributed by atoms with Crippen molar-refractivity contribution in [2.24, 2.45) is 0 Å². The van der Waals surface area contributed by atoms with Crippen molar-refractivity contribution < 1.29 is 14.6 Å². The molecule has 0 heterocycles.